The second-order valence-corrected chi connectivity index (χ2v) is 3.88. The van der Waals surface area contributed by atoms with Gasteiger partial charge in [-0.15, -0.1) is 0 Å². The minimum absolute atomic E-state index is 0.160. The van der Waals surface area contributed by atoms with Crippen LogP contribution in [0.25, 0.3) is 0 Å². The molecule has 6 heteroatoms. The Kier molecular flexibility index (Phi) is 3.62. The molecule has 0 bridgehead atoms. The number of phenolic OH excluding ortho intramolecular Hbond substituents is 2. The van der Waals surface area contributed by atoms with Crippen LogP contribution in [0.2, 0.25) is 5.02 Å². The van der Waals surface area contributed by atoms with Gasteiger partial charge in [-0.2, -0.15) is 0 Å². The molecule has 0 heterocycles. The zero-order chi connectivity index (χ0) is 12.5. The molecule has 0 amide bonds. The third kappa shape index (κ3) is 2.37. The summed E-state index contributed by atoms with van der Waals surface area (Å²) in [4.78, 5) is 10.5. The number of halogens is 1. The molecule has 88 valence electrons. The van der Waals surface area contributed by atoms with Gasteiger partial charge < -0.3 is 21.1 Å². The number of rotatable bonds is 3. The van der Waals surface area contributed by atoms with Crippen LogP contribution in [0.5, 0.6) is 11.5 Å². The van der Waals surface area contributed by atoms with Crippen LogP contribution in [0.3, 0.4) is 0 Å². The van der Waals surface area contributed by atoms with Gasteiger partial charge in [0, 0.05) is 22.7 Å². The van der Waals surface area contributed by atoms with E-state index in [-0.39, 0.29) is 17.0 Å². The van der Waals surface area contributed by atoms with Crippen LogP contribution in [-0.2, 0) is 4.79 Å². The molecule has 0 aliphatic heterocycles. The van der Waals surface area contributed by atoms with Crippen molar-refractivity contribution in [3.8, 4) is 11.5 Å². The van der Waals surface area contributed by atoms with Crippen LogP contribution < -0.4 is 5.73 Å². The summed E-state index contributed by atoms with van der Waals surface area (Å²) in [7, 11) is 0. The molecule has 0 aromatic heterocycles. The second-order valence-electron chi connectivity index (χ2n) is 3.47. The Morgan fingerprint density at radius 3 is 2.62 bits per heavy atom. The fourth-order valence-electron chi connectivity index (χ4n) is 1.48. The van der Waals surface area contributed by atoms with E-state index in [2.05, 4.69) is 0 Å². The molecule has 0 saturated heterocycles. The predicted molar refractivity (Wildman–Crippen MR) is 58.7 cm³/mol. The Balaban J connectivity index is 3.26. The van der Waals surface area contributed by atoms with Crippen molar-refractivity contribution in [3.63, 3.8) is 0 Å². The quantitative estimate of drug-likeness (QED) is 0.605. The average Bonchev–Trinajstić information content (AvgIpc) is 2.14. The van der Waals surface area contributed by atoms with Gasteiger partial charge in [0.1, 0.15) is 0 Å². The molecule has 1 atom stereocenters. The number of aliphatic carboxylic acids is 1. The molecule has 0 fully saturated rings. The first-order valence-corrected chi connectivity index (χ1v) is 4.90. The lowest BCUT2D eigenvalue weighted by atomic mass is 9.98. The van der Waals surface area contributed by atoms with Gasteiger partial charge in [0.05, 0.1) is 6.42 Å². The van der Waals surface area contributed by atoms with Gasteiger partial charge >= 0.3 is 5.97 Å². The van der Waals surface area contributed by atoms with Crippen molar-refractivity contribution in [1.29, 1.82) is 0 Å². The summed E-state index contributed by atoms with van der Waals surface area (Å²) in [5, 5.41) is 27.8. The van der Waals surface area contributed by atoms with Gasteiger partial charge in [-0.05, 0) is 12.5 Å². The SMILES string of the molecule is Cc1c(Cl)cc(O)c(O)c1C(N)CC(=O)O. The van der Waals surface area contributed by atoms with Gasteiger partial charge in [0.15, 0.2) is 11.5 Å². The first-order valence-electron chi connectivity index (χ1n) is 4.53. The Labute approximate surface area is 97.1 Å². The standard InChI is InChI=1S/C10H12ClNO4/c1-4-5(11)2-7(13)10(16)9(4)6(12)3-8(14)15/h2,6,13,16H,3,12H2,1H3,(H,14,15). The maximum atomic E-state index is 10.5. The Bertz CT molecular complexity index is 407. The van der Waals surface area contributed by atoms with Crippen LogP contribution >= 0.6 is 11.6 Å². The smallest absolute Gasteiger partial charge is 0.305 e. The first-order chi connectivity index (χ1) is 7.34. The third-order valence-corrected chi connectivity index (χ3v) is 2.68. The van der Waals surface area contributed by atoms with Crippen LogP contribution in [0.15, 0.2) is 6.07 Å². The maximum absolute atomic E-state index is 10.5. The number of carboxylic acid groups (broad SMARTS) is 1. The van der Waals surface area contributed by atoms with Gasteiger partial charge in [-0.25, -0.2) is 0 Å². The molecule has 5 nitrogen and oxygen atoms in total. The molecule has 16 heavy (non-hydrogen) atoms. The first kappa shape index (κ1) is 12.6. The Morgan fingerprint density at radius 1 is 1.56 bits per heavy atom. The number of nitrogens with two attached hydrogens (primary N) is 1. The van der Waals surface area contributed by atoms with E-state index in [1.54, 1.807) is 6.92 Å². The normalized spacial score (nSPS) is 12.4. The van der Waals surface area contributed by atoms with Crippen molar-refractivity contribution in [3.05, 3.63) is 22.2 Å². The van der Waals surface area contributed by atoms with Crippen LogP contribution in [0.1, 0.15) is 23.6 Å². The molecular weight excluding hydrogens is 234 g/mol. The number of carboxylic acids is 1. The van der Waals surface area contributed by atoms with Gasteiger partial charge in [-0.1, -0.05) is 11.6 Å². The summed E-state index contributed by atoms with van der Waals surface area (Å²) in [5.74, 6) is -1.92. The van der Waals surface area contributed by atoms with Crippen LogP contribution in [0.4, 0.5) is 0 Å². The van der Waals surface area contributed by atoms with E-state index < -0.39 is 23.5 Å². The second kappa shape index (κ2) is 4.59. The van der Waals surface area contributed by atoms with E-state index in [1.807, 2.05) is 0 Å². The molecular formula is C10H12ClNO4. The van der Waals surface area contributed by atoms with E-state index >= 15 is 0 Å². The molecule has 0 aliphatic carbocycles. The van der Waals surface area contributed by atoms with E-state index in [9.17, 15) is 15.0 Å². The fourth-order valence-corrected chi connectivity index (χ4v) is 1.69. The number of benzene rings is 1. The summed E-state index contributed by atoms with van der Waals surface area (Å²) in [5.41, 5.74) is 6.25. The number of carbonyl (C=O) groups is 1. The maximum Gasteiger partial charge on any atom is 0.305 e. The molecule has 0 aliphatic rings. The highest BCUT2D eigenvalue weighted by Crippen LogP contribution is 2.39. The van der Waals surface area contributed by atoms with E-state index in [4.69, 9.17) is 22.4 Å². The fraction of sp³-hybridized carbons (Fsp3) is 0.300. The van der Waals surface area contributed by atoms with Gasteiger partial charge in [0.25, 0.3) is 0 Å². The lowest BCUT2D eigenvalue weighted by Crippen LogP contribution is -2.16. The highest BCUT2D eigenvalue weighted by Gasteiger charge is 2.21. The van der Waals surface area contributed by atoms with Crippen LogP contribution in [0, 0.1) is 6.92 Å². The predicted octanol–water partition coefficient (Wildman–Crippen LogP) is 1.53. The van der Waals surface area contributed by atoms with Crippen molar-refractivity contribution >= 4 is 17.6 Å². The summed E-state index contributed by atoms with van der Waals surface area (Å²) >= 11 is 5.80. The zero-order valence-electron chi connectivity index (χ0n) is 8.57. The Hall–Kier alpha value is -1.46. The van der Waals surface area contributed by atoms with Crippen molar-refractivity contribution < 1.29 is 20.1 Å². The lowest BCUT2D eigenvalue weighted by molar-refractivity contribution is -0.137. The average molecular weight is 246 g/mol. The van der Waals surface area contributed by atoms with Crippen LogP contribution in [-0.4, -0.2) is 21.3 Å². The minimum Gasteiger partial charge on any atom is -0.504 e. The molecule has 5 N–H and O–H groups in total. The summed E-state index contributed by atoms with van der Waals surface area (Å²) < 4.78 is 0. The lowest BCUT2D eigenvalue weighted by Gasteiger charge is -2.16. The molecule has 0 spiro atoms. The minimum atomic E-state index is -1.09. The molecule has 1 aromatic rings. The molecule has 0 saturated carbocycles. The van der Waals surface area contributed by atoms with Crippen molar-refractivity contribution in [2.75, 3.05) is 0 Å². The van der Waals surface area contributed by atoms with E-state index in [0.29, 0.717) is 5.56 Å². The summed E-state index contributed by atoms with van der Waals surface area (Å²) in [6, 6.07) is 0.269. The number of hydrogen-bond acceptors (Lipinski definition) is 4. The topological polar surface area (TPSA) is 104 Å². The zero-order valence-corrected chi connectivity index (χ0v) is 9.32. The van der Waals surface area contributed by atoms with E-state index in [1.165, 1.54) is 6.07 Å². The molecule has 0 radical (unpaired) electrons. The van der Waals surface area contributed by atoms with Crippen molar-refractivity contribution in [2.45, 2.75) is 19.4 Å². The van der Waals surface area contributed by atoms with Gasteiger partial charge in [-0.3, -0.25) is 4.79 Å². The van der Waals surface area contributed by atoms with Gasteiger partial charge in [0.2, 0.25) is 0 Å². The number of aromatic hydroxyl groups is 2. The molecule has 1 aromatic carbocycles. The number of hydrogen-bond donors (Lipinski definition) is 4. The largest absolute Gasteiger partial charge is 0.504 e. The molecule has 1 unspecified atom stereocenters. The van der Waals surface area contributed by atoms with E-state index in [0.717, 1.165) is 0 Å². The third-order valence-electron chi connectivity index (χ3n) is 2.29. The Morgan fingerprint density at radius 2 is 2.12 bits per heavy atom. The van der Waals surface area contributed by atoms with Crippen molar-refractivity contribution in [2.24, 2.45) is 5.73 Å². The summed E-state index contributed by atoms with van der Waals surface area (Å²) in [6.07, 6.45) is -0.353. The van der Waals surface area contributed by atoms with Crippen molar-refractivity contribution in [1.82, 2.24) is 0 Å². The number of phenols is 2. The summed E-state index contributed by atoms with van der Waals surface area (Å²) in [6.45, 7) is 1.60. The highest BCUT2D eigenvalue weighted by atomic mass is 35.5. The highest BCUT2D eigenvalue weighted by molar-refractivity contribution is 6.31. The molecule has 1 rings (SSSR count). The monoisotopic (exact) mass is 245 g/mol.